The summed E-state index contributed by atoms with van der Waals surface area (Å²) >= 11 is 12.9. The molecule has 0 aliphatic carbocycles. The Kier molecular flexibility index (Phi) is 6.72. The van der Waals surface area contributed by atoms with Crippen molar-refractivity contribution < 1.29 is 27.5 Å². The summed E-state index contributed by atoms with van der Waals surface area (Å²) in [6, 6.07) is 4.60. The van der Waals surface area contributed by atoms with Crippen molar-refractivity contribution in [1.82, 2.24) is 0 Å². The lowest BCUT2D eigenvalue weighted by Gasteiger charge is -2.13. The molecule has 0 fully saturated rings. The number of halogens is 2. The minimum absolute atomic E-state index is 0.0469. The van der Waals surface area contributed by atoms with E-state index in [2.05, 4.69) is 5.32 Å². The van der Waals surface area contributed by atoms with E-state index in [0.717, 1.165) is 11.3 Å². The summed E-state index contributed by atoms with van der Waals surface area (Å²) in [4.78, 5) is 25.3. The van der Waals surface area contributed by atoms with Crippen molar-refractivity contribution >= 4 is 61.3 Å². The highest BCUT2D eigenvalue weighted by Crippen LogP contribution is 2.38. The second kappa shape index (κ2) is 8.91. The van der Waals surface area contributed by atoms with Crippen LogP contribution in [0.3, 0.4) is 0 Å². The molecule has 1 aromatic carbocycles. The number of thiophene rings is 1. The Morgan fingerprint density at radius 1 is 1.28 bits per heavy atom. The Bertz CT molecular complexity index is 1060. The number of esters is 1. The van der Waals surface area contributed by atoms with Gasteiger partial charge in [0, 0.05) is 9.90 Å². The molecule has 156 valence electrons. The van der Waals surface area contributed by atoms with Crippen LogP contribution >= 0.6 is 34.5 Å². The number of carbonyl (C=O) groups is 2. The van der Waals surface area contributed by atoms with Crippen molar-refractivity contribution in [3.63, 3.8) is 0 Å². The molecule has 1 N–H and O–H groups in total. The van der Waals surface area contributed by atoms with Gasteiger partial charge in [-0.2, -0.15) is 0 Å². The molecule has 7 nitrogen and oxygen atoms in total. The highest BCUT2D eigenvalue weighted by molar-refractivity contribution is 7.90. The average Bonchev–Trinajstić information content (AvgIpc) is 2.96. The highest BCUT2D eigenvalue weighted by atomic mass is 35.5. The van der Waals surface area contributed by atoms with Crippen molar-refractivity contribution in [3.05, 3.63) is 44.2 Å². The molecule has 0 atom stereocenters. The smallest absolute Gasteiger partial charge is 0.341 e. The van der Waals surface area contributed by atoms with Crippen LogP contribution in [0, 0.1) is 0 Å². The quantitative estimate of drug-likeness (QED) is 0.636. The Balaban J connectivity index is 1.79. The third-order valence-electron chi connectivity index (χ3n) is 4.09. The monoisotopic (exact) mass is 477 g/mol. The van der Waals surface area contributed by atoms with Crippen LogP contribution in [-0.2, 0) is 31.5 Å². The molecule has 2 heterocycles. The zero-order valence-electron chi connectivity index (χ0n) is 15.3. The fraction of sp³-hybridized carbons (Fsp3) is 0.333. The highest BCUT2D eigenvalue weighted by Gasteiger charge is 2.32. The van der Waals surface area contributed by atoms with Crippen molar-refractivity contribution in [2.24, 2.45) is 0 Å². The molecule has 29 heavy (non-hydrogen) atoms. The molecule has 11 heteroatoms. The van der Waals surface area contributed by atoms with Gasteiger partial charge in [-0.15, -0.1) is 11.3 Å². The first-order valence-electron chi connectivity index (χ1n) is 8.60. The predicted molar refractivity (Wildman–Crippen MR) is 112 cm³/mol. The maximum Gasteiger partial charge on any atom is 0.341 e. The van der Waals surface area contributed by atoms with Gasteiger partial charge in [0.1, 0.15) is 10.8 Å². The molecule has 1 amide bonds. The molecular weight excluding hydrogens is 461 g/mol. The molecule has 1 aliphatic heterocycles. The van der Waals surface area contributed by atoms with E-state index in [1.807, 2.05) is 0 Å². The summed E-state index contributed by atoms with van der Waals surface area (Å²) in [5.74, 6) is -1.04. The maximum absolute atomic E-state index is 12.4. The van der Waals surface area contributed by atoms with Crippen molar-refractivity contribution in [1.29, 1.82) is 0 Å². The Morgan fingerprint density at radius 3 is 2.72 bits per heavy atom. The predicted octanol–water partition coefficient (Wildman–Crippen LogP) is 3.72. The van der Waals surface area contributed by atoms with E-state index in [4.69, 9.17) is 32.7 Å². The number of fused-ring (bicyclic) bond motifs is 1. The second-order valence-corrected chi connectivity index (χ2v) is 10.3. The standard InChI is InChI=1S/C18H17Cl2NO6S2/c1-2-26-18(23)16-11-5-6-29(24,25)9-14(11)28-17(16)21-15(22)8-27-13-4-3-10(19)7-12(13)20/h3-4,7H,2,5-6,8-9H2,1H3,(H,21,22). The largest absolute Gasteiger partial charge is 0.482 e. The van der Waals surface area contributed by atoms with E-state index in [1.165, 1.54) is 12.1 Å². The van der Waals surface area contributed by atoms with Gasteiger partial charge in [-0.3, -0.25) is 4.79 Å². The number of amides is 1. The van der Waals surface area contributed by atoms with Gasteiger partial charge in [0.15, 0.2) is 16.4 Å². The molecule has 0 unspecified atom stereocenters. The third-order valence-corrected chi connectivity index (χ3v) is 7.51. The van der Waals surface area contributed by atoms with E-state index >= 15 is 0 Å². The Labute approximate surface area is 181 Å². The zero-order chi connectivity index (χ0) is 21.2. The van der Waals surface area contributed by atoms with Crippen LogP contribution in [0.5, 0.6) is 5.75 Å². The maximum atomic E-state index is 12.4. The Hall–Kier alpha value is -1.81. The lowest BCUT2D eigenvalue weighted by molar-refractivity contribution is -0.118. The van der Waals surface area contributed by atoms with Crippen LogP contribution < -0.4 is 10.1 Å². The first-order valence-corrected chi connectivity index (χ1v) is 12.0. The van der Waals surface area contributed by atoms with E-state index in [1.54, 1.807) is 13.0 Å². The van der Waals surface area contributed by atoms with Crippen LogP contribution in [0.25, 0.3) is 0 Å². The molecule has 0 saturated heterocycles. The van der Waals surface area contributed by atoms with Gasteiger partial charge in [-0.25, -0.2) is 13.2 Å². The van der Waals surface area contributed by atoms with Crippen molar-refractivity contribution in [2.45, 2.75) is 19.1 Å². The molecule has 0 spiro atoms. The molecule has 0 saturated carbocycles. The number of hydrogen-bond donors (Lipinski definition) is 1. The SMILES string of the molecule is CCOC(=O)c1c(NC(=O)COc2ccc(Cl)cc2Cl)sc2c1CCS(=O)(=O)C2. The summed E-state index contributed by atoms with van der Waals surface area (Å²) in [7, 11) is -3.23. The normalized spacial score (nSPS) is 14.7. The number of rotatable bonds is 6. The summed E-state index contributed by atoms with van der Waals surface area (Å²) in [5.41, 5.74) is 0.819. The summed E-state index contributed by atoms with van der Waals surface area (Å²) in [6.45, 7) is 1.47. The van der Waals surface area contributed by atoms with E-state index < -0.39 is 21.7 Å². The van der Waals surface area contributed by atoms with Crippen molar-refractivity contribution in [3.8, 4) is 5.75 Å². The van der Waals surface area contributed by atoms with Gasteiger partial charge in [-0.1, -0.05) is 23.2 Å². The minimum atomic E-state index is -3.23. The number of benzene rings is 1. The third kappa shape index (κ3) is 5.22. The molecule has 1 aliphatic rings. The van der Waals surface area contributed by atoms with Crippen LogP contribution in [0.15, 0.2) is 18.2 Å². The molecule has 2 aromatic rings. The lowest BCUT2D eigenvalue weighted by Crippen LogP contribution is -2.22. The first kappa shape index (κ1) is 21.9. The van der Waals surface area contributed by atoms with Gasteiger partial charge in [0.05, 0.1) is 28.7 Å². The van der Waals surface area contributed by atoms with Crippen LogP contribution in [-0.4, -0.2) is 39.3 Å². The van der Waals surface area contributed by atoms with Gasteiger partial charge >= 0.3 is 5.97 Å². The van der Waals surface area contributed by atoms with Gasteiger partial charge < -0.3 is 14.8 Å². The molecule has 0 radical (unpaired) electrons. The fourth-order valence-corrected chi connectivity index (χ4v) is 6.35. The summed E-state index contributed by atoms with van der Waals surface area (Å²) < 4.78 is 34.3. The van der Waals surface area contributed by atoms with Gasteiger partial charge in [-0.05, 0) is 37.1 Å². The number of hydrogen-bond acceptors (Lipinski definition) is 7. The molecule has 1 aromatic heterocycles. The molecule has 0 bridgehead atoms. The topological polar surface area (TPSA) is 98.8 Å². The van der Waals surface area contributed by atoms with E-state index in [0.29, 0.717) is 15.5 Å². The number of carbonyl (C=O) groups excluding carboxylic acids is 2. The first-order chi connectivity index (χ1) is 13.7. The van der Waals surface area contributed by atoms with Crippen LogP contribution in [0.4, 0.5) is 5.00 Å². The number of ether oxygens (including phenoxy) is 2. The zero-order valence-corrected chi connectivity index (χ0v) is 18.4. The fourth-order valence-electron chi connectivity index (χ4n) is 2.83. The number of nitrogens with one attached hydrogen (secondary N) is 1. The van der Waals surface area contributed by atoms with Crippen LogP contribution in [0.1, 0.15) is 27.7 Å². The average molecular weight is 478 g/mol. The van der Waals surface area contributed by atoms with E-state index in [9.17, 15) is 18.0 Å². The minimum Gasteiger partial charge on any atom is -0.482 e. The lowest BCUT2D eigenvalue weighted by atomic mass is 10.1. The number of sulfone groups is 1. The second-order valence-electron chi connectivity index (χ2n) is 6.18. The van der Waals surface area contributed by atoms with E-state index in [-0.39, 0.29) is 52.5 Å². The van der Waals surface area contributed by atoms with Crippen molar-refractivity contribution in [2.75, 3.05) is 24.3 Å². The Morgan fingerprint density at radius 2 is 2.03 bits per heavy atom. The summed E-state index contributed by atoms with van der Waals surface area (Å²) in [5, 5.41) is 3.57. The summed E-state index contributed by atoms with van der Waals surface area (Å²) in [6.07, 6.45) is 0.203. The molecular formula is C18H17Cl2NO6S2. The van der Waals surface area contributed by atoms with Crippen LogP contribution in [0.2, 0.25) is 10.0 Å². The van der Waals surface area contributed by atoms with Gasteiger partial charge in [0.25, 0.3) is 5.91 Å². The molecule has 3 rings (SSSR count). The van der Waals surface area contributed by atoms with Gasteiger partial charge in [0.2, 0.25) is 0 Å². The number of anilines is 1.